The summed E-state index contributed by atoms with van der Waals surface area (Å²) in [4.78, 5) is 7.71. The van der Waals surface area contributed by atoms with Crippen LogP contribution in [0.15, 0.2) is 9.98 Å². The van der Waals surface area contributed by atoms with E-state index in [9.17, 15) is 0 Å². The minimum Gasteiger partial charge on any atom is -0.370 e. The van der Waals surface area contributed by atoms with Crippen LogP contribution in [0.5, 0.6) is 0 Å². The van der Waals surface area contributed by atoms with Gasteiger partial charge in [-0.2, -0.15) is 4.99 Å². The molecule has 0 spiro atoms. The monoisotopic (exact) mass is 185 g/mol. The van der Waals surface area contributed by atoms with Crippen molar-refractivity contribution in [1.29, 1.82) is 0 Å². The lowest BCUT2D eigenvalue weighted by atomic mass is 10.1. The number of nitrogens with zero attached hydrogens (tertiary/aromatic N) is 2. The standard InChI is InChI=1S/C8H19N5/c1-4-6(2)5-12-8(11-3)13-7(9)10/h6H,4-5H2,1-3H3,(H5,9,10,11,12,13). The summed E-state index contributed by atoms with van der Waals surface area (Å²) in [5.74, 6) is 1.10. The van der Waals surface area contributed by atoms with Gasteiger partial charge in [-0.05, 0) is 5.92 Å². The summed E-state index contributed by atoms with van der Waals surface area (Å²) < 4.78 is 0. The van der Waals surface area contributed by atoms with E-state index < -0.39 is 0 Å². The maximum absolute atomic E-state index is 5.21. The summed E-state index contributed by atoms with van der Waals surface area (Å²) in [6.07, 6.45) is 1.12. The first-order chi connectivity index (χ1) is 6.10. The fraction of sp³-hybridized carbons (Fsp3) is 0.750. The fourth-order valence-electron chi connectivity index (χ4n) is 0.701. The molecule has 0 aromatic heterocycles. The molecule has 1 atom stereocenters. The Hall–Kier alpha value is -1.26. The van der Waals surface area contributed by atoms with Crippen LogP contribution in [0, 0.1) is 5.92 Å². The zero-order valence-corrected chi connectivity index (χ0v) is 8.54. The zero-order chi connectivity index (χ0) is 10.3. The lowest BCUT2D eigenvalue weighted by Crippen LogP contribution is -2.31. The van der Waals surface area contributed by atoms with E-state index in [-0.39, 0.29) is 5.96 Å². The van der Waals surface area contributed by atoms with E-state index >= 15 is 0 Å². The Kier molecular flexibility index (Phi) is 5.67. The first kappa shape index (κ1) is 11.7. The highest BCUT2D eigenvalue weighted by Crippen LogP contribution is 1.97. The van der Waals surface area contributed by atoms with Crippen LogP contribution in [0.1, 0.15) is 20.3 Å². The van der Waals surface area contributed by atoms with E-state index in [0.717, 1.165) is 13.0 Å². The normalized spacial score (nSPS) is 13.6. The second-order valence-electron chi connectivity index (χ2n) is 2.98. The molecular formula is C8H19N5. The zero-order valence-electron chi connectivity index (χ0n) is 8.54. The van der Waals surface area contributed by atoms with E-state index in [4.69, 9.17) is 11.5 Å². The molecule has 0 fully saturated rings. The average Bonchev–Trinajstić information content (AvgIpc) is 2.10. The Morgan fingerprint density at radius 1 is 1.46 bits per heavy atom. The summed E-state index contributed by atoms with van der Waals surface area (Å²) in [6, 6.07) is 0. The molecule has 13 heavy (non-hydrogen) atoms. The summed E-state index contributed by atoms with van der Waals surface area (Å²) >= 11 is 0. The van der Waals surface area contributed by atoms with Crippen molar-refractivity contribution in [2.24, 2.45) is 27.4 Å². The van der Waals surface area contributed by atoms with Gasteiger partial charge in [0.2, 0.25) is 5.96 Å². The minimum absolute atomic E-state index is 0.0252. The van der Waals surface area contributed by atoms with Gasteiger partial charge in [0.1, 0.15) is 0 Å². The number of aliphatic imine (C=N–C) groups is 2. The molecule has 0 aromatic carbocycles. The maximum atomic E-state index is 5.21. The van der Waals surface area contributed by atoms with Crippen LogP contribution in [0.4, 0.5) is 0 Å². The smallest absolute Gasteiger partial charge is 0.220 e. The van der Waals surface area contributed by atoms with Gasteiger partial charge in [-0.25, -0.2) is 0 Å². The highest BCUT2D eigenvalue weighted by molar-refractivity contribution is 5.93. The average molecular weight is 185 g/mol. The predicted octanol–water partition coefficient (Wildman–Crippen LogP) is -0.119. The molecule has 0 aliphatic rings. The Bertz CT molecular complexity index is 193. The van der Waals surface area contributed by atoms with Gasteiger partial charge in [0, 0.05) is 13.6 Å². The quantitative estimate of drug-likeness (QED) is 0.423. The van der Waals surface area contributed by atoms with Gasteiger partial charge in [0.05, 0.1) is 0 Å². The fourth-order valence-corrected chi connectivity index (χ4v) is 0.701. The Balaban J connectivity index is 3.95. The van der Waals surface area contributed by atoms with Crippen LogP contribution in [0.2, 0.25) is 0 Å². The lowest BCUT2D eigenvalue weighted by molar-refractivity contribution is 0.547. The first-order valence-electron chi connectivity index (χ1n) is 4.40. The summed E-state index contributed by atoms with van der Waals surface area (Å²) in [5, 5.41) is 3.05. The molecule has 5 N–H and O–H groups in total. The highest BCUT2D eigenvalue weighted by Gasteiger charge is 2.00. The van der Waals surface area contributed by atoms with Crippen LogP contribution in [-0.2, 0) is 0 Å². The van der Waals surface area contributed by atoms with Crippen molar-refractivity contribution in [3.8, 4) is 0 Å². The van der Waals surface area contributed by atoms with Gasteiger partial charge in [0.15, 0.2) is 5.96 Å². The number of hydrogen-bond acceptors (Lipinski definition) is 1. The molecule has 0 heterocycles. The molecular weight excluding hydrogens is 166 g/mol. The molecule has 0 rings (SSSR count). The number of hydrogen-bond donors (Lipinski definition) is 3. The topological polar surface area (TPSA) is 88.8 Å². The molecule has 5 nitrogen and oxygen atoms in total. The molecule has 0 aromatic rings. The molecule has 0 saturated carbocycles. The maximum Gasteiger partial charge on any atom is 0.220 e. The molecule has 5 heteroatoms. The third-order valence-electron chi connectivity index (χ3n) is 1.75. The minimum atomic E-state index is 0.0252. The van der Waals surface area contributed by atoms with E-state index in [2.05, 4.69) is 29.1 Å². The van der Waals surface area contributed by atoms with Gasteiger partial charge in [-0.1, -0.05) is 20.3 Å². The van der Waals surface area contributed by atoms with Gasteiger partial charge in [-0.15, -0.1) is 0 Å². The first-order valence-corrected chi connectivity index (χ1v) is 4.40. The molecule has 1 unspecified atom stereocenters. The Morgan fingerprint density at radius 3 is 2.46 bits per heavy atom. The number of nitrogens with two attached hydrogens (primary N) is 2. The Labute approximate surface area is 79.3 Å². The van der Waals surface area contributed by atoms with E-state index in [0.29, 0.717) is 11.9 Å². The van der Waals surface area contributed by atoms with Crippen molar-refractivity contribution in [2.45, 2.75) is 20.3 Å². The summed E-state index contributed by atoms with van der Waals surface area (Å²) in [6.45, 7) is 5.12. The van der Waals surface area contributed by atoms with E-state index in [1.165, 1.54) is 0 Å². The van der Waals surface area contributed by atoms with Crippen molar-refractivity contribution in [2.75, 3.05) is 13.6 Å². The van der Waals surface area contributed by atoms with Crippen LogP contribution >= 0.6 is 0 Å². The van der Waals surface area contributed by atoms with E-state index in [1.807, 2.05) is 0 Å². The third-order valence-corrected chi connectivity index (χ3v) is 1.75. The van der Waals surface area contributed by atoms with Crippen molar-refractivity contribution in [1.82, 2.24) is 5.32 Å². The van der Waals surface area contributed by atoms with Crippen molar-refractivity contribution in [3.05, 3.63) is 0 Å². The molecule has 0 radical (unpaired) electrons. The number of nitrogens with one attached hydrogen (secondary N) is 1. The Morgan fingerprint density at radius 2 is 2.08 bits per heavy atom. The largest absolute Gasteiger partial charge is 0.370 e. The second kappa shape index (κ2) is 6.28. The van der Waals surface area contributed by atoms with Crippen LogP contribution in [0.3, 0.4) is 0 Å². The highest BCUT2D eigenvalue weighted by atomic mass is 15.2. The summed E-state index contributed by atoms with van der Waals surface area (Å²) in [5.41, 5.74) is 10.4. The summed E-state index contributed by atoms with van der Waals surface area (Å²) in [7, 11) is 1.64. The molecule has 0 bridgehead atoms. The molecule has 0 aliphatic heterocycles. The molecule has 76 valence electrons. The molecule has 0 amide bonds. The van der Waals surface area contributed by atoms with Crippen LogP contribution in [0.25, 0.3) is 0 Å². The van der Waals surface area contributed by atoms with Crippen molar-refractivity contribution < 1.29 is 0 Å². The third kappa shape index (κ3) is 5.95. The molecule has 0 aliphatic carbocycles. The SMILES string of the molecule is CCC(C)CNC(N=C(N)N)=NC. The van der Waals surface area contributed by atoms with Crippen molar-refractivity contribution >= 4 is 11.9 Å². The van der Waals surface area contributed by atoms with E-state index in [1.54, 1.807) is 7.05 Å². The number of guanidine groups is 2. The van der Waals surface area contributed by atoms with Crippen molar-refractivity contribution in [3.63, 3.8) is 0 Å². The van der Waals surface area contributed by atoms with Crippen LogP contribution < -0.4 is 16.8 Å². The van der Waals surface area contributed by atoms with Gasteiger partial charge in [-0.3, -0.25) is 4.99 Å². The van der Waals surface area contributed by atoms with Crippen LogP contribution in [-0.4, -0.2) is 25.5 Å². The lowest BCUT2D eigenvalue weighted by Gasteiger charge is -2.10. The number of rotatable bonds is 3. The molecule has 0 saturated heterocycles. The van der Waals surface area contributed by atoms with Gasteiger partial charge < -0.3 is 16.8 Å². The second-order valence-corrected chi connectivity index (χ2v) is 2.98. The predicted molar refractivity (Wildman–Crippen MR) is 56.6 cm³/mol. The van der Waals surface area contributed by atoms with Gasteiger partial charge >= 0.3 is 0 Å². The van der Waals surface area contributed by atoms with Gasteiger partial charge in [0.25, 0.3) is 0 Å².